The second-order valence-corrected chi connectivity index (χ2v) is 5.41. The average Bonchev–Trinajstić information content (AvgIpc) is 3.26. The van der Waals surface area contributed by atoms with E-state index < -0.39 is 0 Å². The lowest BCUT2D eigenvalue weighted by Gasteiger charge is -2.08. The van der Waals surface area contributed by atoms with Gasteiger partial charge in [0, 0.05) is 6.08 Å². The fourth-order valence-corrected chi connectivity index (χ4v) is 2.27. The van der Waals surface area contributed by atoms with E-state index >= 15 is 0 Å². The Bertz CT molecular complexity index is 807. The van der Waals surface area contributed by atoms with Gasteiger partial charge in [0.15, 0.2) is 0 Å². The fraction of sp³-hybridized carbons (Fsp3) is 0.167. The highest BCUT2D eigenvalue weighted by atomic mass is 16.3. The van der Waals surface area contributed by atoms with Gasteiger partial charge in [-0.25, -0.2) is 4.68 Å². The molecule has 0 aliphatic heterocycles. The Balaban J connectivity index is 1.56. The second-order valence-electron chi connectivity index (χ2n) is 5.41. The van der Waals surface area contributed by atoms with Crippen molar-refractivity contribution in [3.05, 3.63) is 78.0 Å². The van der Waals surface area contributed by atoms with Crippen molar-refractivity contribution in [3.8, 4) is 0 Å². The average molecular weight is 322 g/mol. The van der Waals surface area contributed by atoms with Gasteiger partial charge in [0.2, 0.25) is 5.91 Å². The molecule has 3 aromatic rings. The van der Waals surface area contributed by atoms with Gasteiger partial charge >= 0.3 is 0 Å². The first-order valence-electron chi connectivity index (χ1n) is 7.67. The van der Waals surface area contributed by atoms with Crippen LogP contribution in [-0.4, -0.2) is 20.9 Å². The summed E-state index contributed by atoms with van der Waals surface area (Å²) in [4.78, 5) is 11.9. The van der Waals surface area contributed by atoms with Crippen molar-refractivity contribution in [2.75, 3.05) is 0 Å². The molecule has 0 aliphatic carbocycles. The summed E-state index contributed by atoms with van der Waals surface area (Å²) in [6, 6.07) is 13.4. The van der Waals surface area contributed by atoms with Crippen LogP contribution >= 0.6 is 0 Å². The molecule has 122 valence electrons. The minimum absolute atomic E-state index is 0.189. The topological polar surface area (TPSA) is 73.0 Å². The second kappa shape index (κ2) is 7.41. The Morgan fingerprint density at radius 3 is 2.88 bits per heavy atom. The van der Waals surface area contributed by atoms with Crippen molar-refractivity contribution in [1.82, 2.24) is 20.3 Å². The van der Waals surface area contributed by atoms with E-state index in [4.69, 9.17) is 4.42 Å². The number of hydrogen-bond acceptors (Lipinski definition) is 4. The number of hydrogen-bond donors (Lipinski definition) is 1. The van der Waals surface area contributed by atoms with Crippen LogP contribution in [0.2, 0.25) is 0 Å². The minimum Gasteiger partial charge on any atom is -0.467 e. The number of amides is 1. The van der Waals surface area contributed by atoms with Gasteiger partial charge in [0.05, 0.1) is 25.0 Å². The minimum atomic E-state index is -0.212. The van der Waals surface area contributed by atoms with Gasteiger partial charge in [-0.1, -0.05) is 35.5 Å². The van der Waals surface area contributed by atoms with Gasteiger partial charge in [0.25, 0.3) is 0 Å². The van der Waals surface area contributed by atoms with Crippen LogP contribution in [0.5, 0.6) is 0 Å². The van der Waals surface area contributed by atoms with Crippen molar-refractivity contribution in [3.63, 3.8) is 0 Å². The van der Waals surface area contributed by atoms with E-state index in [2.05, 4.69) is 15.6 Å². The molecule has 2 aromatic heterocycles. The van der Waals surface area contributed by atoms with Crippen molar-refractivity contribution in [1.29, 1.82) is 0 Å². The quantitative estimate of drug-likeness (QED) is 0.708. The summed E-state index contributed by atoms with van der Waals surface area (Å²) in [5.74, 6) is 0.502. The number of carbonyl (C=O) groups excluding carboxylic acids is 1. The third-order valence-corrected chi connectivity index (χ3v) is 3.48. The summed E-state index contributed by atoms with van der Waals surface area (Å²) >= 11 is 0. The van der Waals surface area contributed by atoms with E-state index in [9.17, 15) is 4.79 Å². The van der Waals surface area contributed by atoms with Crippen LogP contribution in [0.25, 0.3) is 6.08 Å². The van der Waals surface area contributed by atoms with Crippen LogP contribution in [-0.2, 0) is 11.3 Å². The zero-order chi connectivity index (χ0) is 16.8. The molecule has 0 aliphatic rings. The molecule has 0 bridgehead atoms. The van der Waals surface area contributed by atoms with Gasteiger partial charge in [-0.05, 0) is 30.7 Å². The van der Waals surface area contributed by atoms with E-state index in [1.165, 1.54) is 6.08 Å². The first-order valence-corrected chi connectivity index (χ1v) is 7.67. The number of aromatic nitrogens is 3. The molecule has 6 heteroatoms. The third-order valence-electron chi connectivity index (χ3n) is 3.48. The molecule has 1 N–H and O–H groups in total. The van der Waals surface area contributed by atoms with Crippen molar-refractivity contribution >= 4 is 12.0 Å². The van der Waals surface area contributed by atoms with Crippen molar-refractivity contribution in [2.24, 2.45) is 0 Å². The van der Waals surface area contributed by atoms with Crippen LogP contribution in [0.15, 0.2) is 65.4 Å². The maximum atomic E-state index is 11.9. The number of furan rings is 1. The van der Waals surface area contributed by atoms with E-state index in [0.717, 1.165) is 5.56 Å². The Morgan fingerprint density at radius 1 is 1.29 bits per heavy atom. The van der Waals surface area contributed by atoms with Gasteiger partial charge < -0.3 is 9.73 Å². The smallest absolute Gasteiger partial charge is 0.244 e. The predicted molar refractivity (Wildman–Crippen MR) is 89.9 cm³/mol. The Morgan fingerprint density at radius 2 is 2.12 bits per heavy atom. The molecule has 1 amide bonds. The molecule has 0 fully saturated rings. The first kappa shape index (κ1) is 15.7. The summed E-state index contributed by atoms with van der Waals surface area (Å²) < 4.78 is 6.99. The van der Waals surface area contributed by atoms with Gasteiger partial charge in [-0.2, -0.15) is 0 Å². The van der Waals surface area contributed by atoms with E-state index in [1.54, 1.807) is 29.3 Å². The highest BCUT2D eigenvalue weighted by Crippen LogP contribution is 2.12. The lowest BCUT2D eigenvalue weighted by molar-refractivity contribution is -0.117. The van der Waals surface area contributed by atoms with Gasteiger partial charge in [0.1, 0.15) is 11.5 Å². The maximum absolute atomic E-state index is 11.9. The molecule has 0 saturated heterocycles. The Kier molecular flexibility index (Phi) is 4.86. The molecule has 0 radical (unpaired) electrons. The fourth-order valence-electron chi connectivity index (χ4n) is 2.27. The highest BCUT2D eigenvalue weighted by molar-refractivity contribution is 5.91. The Labute approximate surface area is 139 Å². The normalized spacial score (nSPS) is 12.4. The first-order chi connectivity index (χ1) is 11.7. The summed E-state index contributed by atoms with van der Waals surface area (Å²) in [6.07, 6.45) is 6.46. The highest BCUT2D eigenvalue weighted by Gasteiger charge is 2.09. The van der Waals surface area contributed by atoms with Crippen molar-refractivity contribution < 1.29 is 9.21 Å². The number of nitrogens with one attached hydrogen (secondary N) is 1. The number of carbonyl (C=O) groups is 1. The molecule has 0 saturated carbocycles. The van der Waals surface area contributed by atoms with Crippen LogP contribution < -0.4 is 5.32 Å². The lowest BCUT2D eigenvalue weighted by atomic mass is 10.2. The molecule has 1 atom stereocenters. The van der Waals surface area contributed by atoms with E-state index in [-0.39, 0.29) is 11.9 Å². The van der Waals surface area contributed by atoms with Crippen molar-refractivity contribution in [2.45, 2.75) is 19.5 Å². The van der Waals surface area contributed by atoms with Crippen LogP contribution in [0.3, 0.4) is 0 Å². The van der Waals surface area contributed by atoms with Gasteiger partial charge in [-0.3, -0.25) is 4.79 Å². The maximum Gasteiger partial charge on any atom is 0.244 e. The zero-order valence-corrected chi connectivity index (χ0v) is 13.3. The number of benzene rings is 1. The lowest BCUT2D eigenvalue weighted by Crippen LogP contribution is -2.24. The molecule has 3 rings (SSSR count). The van der Waals surface area contributed by atoms with E-state index in [1.807, 2.05) is 43.3 Å². The van der Waals surface area contributed by atoms with Crippen LogP contribution in [0.1, 0.15) is 30.0 Å². The summed E-state index contributed by atoms with van der Waals surface area (Å²) in [5.41, 5.74) is 1.77. The summed E-state index contributed by atoms with van der Waals surface area (Å²) in [5, 5.41) is 10.9. The van der Waals surface area contributed by atoms with Crippen LogP contribution in [0, 0.1) is 0 Å². The molecule has 2 heterocycles. The number of nitrogens with zero attached hydrogens (tertiary/aromatic N) is 3. The zero-order valence-electron chi connectivity index (χ0n) is 13.3. The predicted octanol–water partition coefficient (Wildman–Crippen LogP) is 2.81. The molecule has 0 spiro atoms. The van der Waals surface area contributed by atoms with E-state index in [0.29, 0.717) is 18.0 Å². The molecule has 24 heavy (non-hydrogen) atoms. The summed E-state index contributed by atoms with van der Waals surface area (Å²) in [6.45, 7) is 2.50. The third kappa shape index (κ3) is 4.19. The van der Waals surface area contributed by atoms with Gasteiger partial charge in [-0.15, -0.1) is 5.10 Å². The Hall–Kier alpha value is -3.15. The summed E-state index contributed by atoms with van der Waals surface area (Å²) in [7, 11) is 0. The SMILES string of the molecule is C[C@@H](NC(=O)/C=C/c1cn(Cc2ccccc2)nn1)c1ccco1. The monoisotopic (exact) mass is 322 g/mol. The molecule has 6 nitrogen and oxygen atoms in total. The molecular formula is C18H18N4O2. The standard InChI is InChI=1S/C18H18N4O2/c1-14(17-8-5-11-24-17)19-18(23)10-9-16-13-22(21-20-16)12-15-6-3-2-4-7-15/h2-11,13-14H,12H2,1H3,(H,19,23)/b10-9+/t14-/m1/s1. The van der Waals surface area contributed by atoms with Crippen LogP contribution in [0.4, 0.5) is 0 Å². The molecular weight excluding hydrogens is 304 g/mol. The largest absolute Gasteiger partial charge is 0.467 e. The molecule has 1 aromatic carbocycles. The molecule has 0 unspecified atom stereocenters. The number of rotatable bonds is 6.